The number of hydrogen-bond acceptors (Lipinski definition) is 5. The Morgan fingerprint density at radius 3 is 2.32 bits per heavy atom. The number of nitrogens with zero attached hydrogens (tertiary/aromatic N) is 2. The summed E-state index contributed by atoms with van der Waals surface area (Å²) in [5.41, 5.74) is 1.23. The van der Waals surface area contributed by atoms with E-state index in [4.69, 9.17) is 4.74 Å². The van der Waals surface area contributed by atoms with Gasteiger partial charge in [-0.3, -0.25) is 14.5 Å². The molecule has 2 heterocycles. The van der Waals surface area contributed by atoms with Gasteiger partial charge < -0.3 is 15.0 Å². The maximum atomic E-state index is 13.3. The molecule has 0 aliphatic carbocycles. The Morgan fingerprint density at radius 1 is 1.00 bits per heavy atom. The third-order valence-corrected chi connectivity index (χ3v) is 7.94. The second-order valence-corrected chi connectivity index (χ2v) is 10.3. The van der Waals surface area contributed by atoms with Crippen LogP contribution in [0.3, 0.4) is 0 Å². The Labute approximate surface area is 207 Å². The minimum Gasteiger partial charge on any atom is -0.497 e. The van der Waals surface area contributed by atoms with Crippen LogP contribution in [0.1, 0.15) is 36.0 Å². The molecule has 2 aromatic carbocycles. The number of carbonyl (C=O) groups is 2. The summed E-state index contributed by atoms with van der Waals surface area (Å²) in [6.45, 7) is 2.92. The maximum Gasteiger partial charge on any atom is 0.258 e. The van der Waals surface area contributed by atoms with Crippen molar-refractivity contribution in [2.75, 3.05) is 49.7 Å². The van der Waals surface area contributed by atoms with Crippen LogP contribution in [-0.2, 0) is 4.79 Å². The van der Waals surface area contributed by atoms with Crippen molar-refractivity contribution < 1.29 is 14.3 Å². The van der Waals surface area contributed by atoms with Crippen molar-refractivity contribution in [3.8, 4) is 5.75 Å². The first-order valence-corrected chi connectivity index (χ1v) is 13.4. The second-order valence-electron chi connectivity index (χ2n) is 9.08. The molecule has 34 heavy (non-hydrogen) atoms. The summed E-state index contributed by atoms with van der Waals surface area (Å²) in [6.07, 6.45) is 4.86. The van der Waals surface area contributed by atoms with Crippen LogP contribution >= 0.6 is 11.8 Å². The van der Waals surface area contributed by atoms with Crippen LogP contribution in [0.15, 0.2) is 54.6 Å². The van der Waals surface area contributed by atoms with Gasteiger partial charge in [0.1, 0.15) is 12.3 Å². The van der Waals surface area contributed by atoms with Crippen LogP contribution in [0.5, 0.6) is 5.75 Å². The van der Waals surface area contributed by atoms with Crippen LogP contribution in [-0.4, -0.2) is 67.6 Å². The molecule has 4 rings (SSSR count). The number of ether oxygens (including phenoxy) is 1. The third-order valence-electron chi connectivity index (χ3n) is 6.90. The maximum absolute atomic E-state index is 13.3. The van der Waals surface area contributed by atoms with Gasteiger partial charge in [-0.1, -0.05) is 18.2 Å². The van der Waals surface area contributed by atoms with Gasteiger partial charge in [-0.2, -0.15) is 11.8 Å². The topological polar surface area (TPSA) is 61.9 Å². The molecule has 2 fully saturated rings. The predicted molar refractivity (Wildman–Crippen MR) is 139 cm³/mol. The Kier molecular flexibility index (Phi) is 8.88. The summed E-state index contributed by atoms with van der Waals surface area (Å²) in [5.74, 6) is 3.43. The smallest absolute Gasteiger partial charge is 0.258 e. The summed E-state index contributed by atoms with van der Waals surface area (Å²) < 4.78 is 5.20. The van der Waals surface area contributed by atoms with E-state index in [1.807, 2.05) is 30.3 Å². The molecule has 0 spiro atoms. The molecule has 182 valence electrons. The van der Waals surface area contributed by atoms with Crippen LogP contribution in [0.25, 0.3) is 0 Å². The van der Waals surface area contributed by atoms with Crippen LogP contribution < -0.4 is 15.0 Å². The van der Waals surface area contributed by atoms with Gasteiger partial charge in [-0.15, -0.1) is 0 Å². The van der Waals surface area contributed by atoms with Crippen molar-refractivity contribution in [2.45, 2.75) is 31.7 Å². The summed E-state index contributed by atoms with van der Waals surface area (Å²) in [7, 11) is 1.59. The third kappa shape index (κ3) is 6.54. The van der Waals surface area contributed by atoms with Crippen molar-refractivity contribution in [2.24, 2.45) is 5.92 Å². The predicted octanol–water partition coefficient (Wildman–Crippen LogP) is 4.07. The first-order valence-electron chi connectivity index (χ1n) is 12.2. The van der Waals surface area contributed by atoms with Gasteiger partial charge in [0.2, 0.25) is 5.91 Å². The standard InChI is InChI=1S/C27H35N3O3S/c1-33-25-9-7-22(8-10-25)27(32)30(24-5-3-2-4-6-24)20-26(31)28-19-21-11-15-29(16-12-21)23-13-17-34-18-14-23/h2-10,21,23H,11-20H2,1H3,(H,28,31). The lowest BCUT2D eigenvalue weighted by Gasteiger charge is -2.39. The van der Waals surface area contributed by atoms with Crippen molar-refractivity contribution in [3.05, 3.63) is 60.2 Å². The number of piperidine rings is 1. The average molecular weight is 482 g/mol. The fraction of sp³-hybridized carbons (Fsp3) is 0.481. The summed E-state index contributed by atoms with van der Waals surface area (Å²) >= 11 is 2.07. The van der Waals surface area contributed by atoms with E-state index in [-0.39, 0.29) is 18.4 Å². The van der Waals surface area contributed by atoms with E-state index in [0.717, 1.165) is 32.0 Å². The molecular formula is C27H35N3O3S. The number of carbonyl (C=O) groups excluding carboxylic acids is 2. The Bertz CT molecular complexity index is 924. The lowest BCUT2D eigenvalue weighted by molar-refractivity contribution is -0.120. The first-order chi connectivity index (χ1) is 16.6. The minimum absolute atomic E-state index is 0.00649. The number of rotatable bonds is 8. The first kappa shape index (κ1) is 24.6. The van der Waals surface area contributed by atoms with E-state index in [2.05, 4.69) is 22.0 Å². The largest absolute Gasteiger partial charge is 0.497 e. The van der Waals surface area contributed by atoms with Crippen LogP contribution in [0.2, 0.25) is 0 Å². The normalized spacial score (nSPS) is 17.8. The van der Waals surface area contributed by atoms with Gasteiger partial charge in [0, 0.05) is 23.8 Å². The number of benzene rings is 2. The minimum atomic E-state index is -0.206. The highest BCUT2D eigenvalue weighted by molar-refractivity contribution is 7.99. The second kappa shape index (κ2) is 12.3. The van der Waals surface area contributed by atoms with E-state index in [1.54, 1.807) is 36.3 Å². The van der Waals surface area contributed by atoms with E-state index < -0.39 is 0 Å². The molecule has 2 saturated heterocycles. The van der Waals surface area contributed by atoms with E-state index in [1.165, 1.54) is 24.3 Å². The zero-order valence-corrected chi connectivity index (χ0v) is 20.8. The number of likely N-dealkylation sites (tertiary alicyclic amines) is 1. The Morgan fingerprint density at radius 2 is 1.68 bits per heavy atom. The number of anilines is 1. The summed E-state index contributed by atoms with van der Waals surface area (Å²) in [5, 5.41) is 3.10. The number of thioether (sulfide) groups is 1. The molecule has 2 aromatic rings. The summed E-state index contributed by atoms with van der Waals surface area (Å²) in [6, 6.07) is 17.1. The molecule has 0 unspecified atom stereocenters. The van der Waals surface area contributed by atoms with E-state index in [9.17, 15) is 9.59 Å². The molecule has 2 aliphatic rings. The highest BCUT2D eigenvalue weighted by Gasteiger charge is 2.27. The van der Waals surface area contributed by atoms with Crippen LogP contribution in [0, 0.1) is 5.92 Å². The van der Waals surface area contributed by atoms with Crippen molar-refractivity contribution >= 4 is 29.3 Å². The summed E-state index contributed by atoms with van der Waals surface area (Å²) in [4.78, 5) is 30.3. The molecule has 0 bridgehead atoms. The average Bonchev–Trinajstić information content (AvgIpc) is 2.91. The van der Waals surface area contributed by atoms with E-state index >= 15 is 0 Å². The van der Waals surface area contributed by atoms with Gasteiger partial charge >= 0.3 is 0 Å². The van der Waals surface area contributed by atoms with Crippen molar-refractivity contribution in [3.63, 3.8) is 0 Å². The van der Waals surface area contributed by atoms with Crippen LogP contribution in [0.4, 0.5) is 5.69 Å². The van der Waals surface area contributed by atoms with Crippen molar-refractivity contribution in [1.82, 2.24) is 10.2 Å². The van der Waals surface area contributed by atoms with Gasteiger partial charge in [0.25, 0.3) is 5.91 Å². The highest BCUT2D eigenvalue weighted by atomic mass is 32.2. The Hall–Kier alpha value is -2.51. The van der Waals surface area contributed by atoms with Gasteiger partial charge in [-0.05, 0) is 92.6 Å². The fourth-order valence-corrected chi connectivity index (χ4v) is 5.89. The number of methoxy groups -OCH3 is 1. The molecule has 7 heteroatoms. The number of nitrogens with one attached hydrogen (secondary N) is 1. The number of para-hydroxylation sites is 1. The monoisotopic (exact) mass is 481 g/mol. The number of amides is 2. The van der Waals surface area contributed by atoms with E-state index in [0.29, 0.717) is 29.5 Å². The molecule has 2 aliphatic heterocycles. The fourth-order valence-electron chi connectivity index (χ4n) is 4.81. The Balaban J connectivity index is 1.31. The molecular weight excluding hydrogens is 446 g/mol. The lowest BCUT2D eigenvalue weighted by atomic mass is 9.94. The zero-order valence-electron chi connectivity index (χ0n) is 19.9. The lowest BCUT2D eigenvalue weighted by Crippen LogP contribution is -2.46. The molecule has 0 aromatic heterocycles. The van der Waals surface area contributed by atoms with Gasteiger partial charge in [0.05, 0.1) is 7.11 Å². The molecule has 0 atom stereocenters. The highest BCUT2D eigenvalue weighted by Crippen LogP contribution is 2.26. The quantitative estimate of drug-likeness (QED) is 0.616. The molecule has 0 saturated carbocycles. The molecule has 0 radical (unpaired) electrons. The van der Waals surface area contributed by atoms with Crippen molar-refractivity contribution in [1.29, 1.82) is 0 Å². The number of hydrogen-bond donors (Lipinski definition) is 1. The molecule has 1 N–H and O–H groups in total. The SMILES string of the molecule is COc1ccc(C(=O)N(CC(=O)NCC2CCN(C3CCSCC3)CC2)c2ccccc2)cc1. The zero-order chi connectivity index (χ0) is 23.8. The molecule has 6 nitrogen and oxygen atoms in total. The van der Waals surface area contributed by atoms with Gasteiger partial charge in [-0.25, -0.2) is 0 Å². The molecule has 2 amide bonds. The van der Waals surface area contributed by atoms with Gasteiger partial charge in [0.15, 0.2) is 0 Å².